The smallest absolute Gasteiger partial charge is 0.434 e. The van der Waals surface area contributed by atoms with Gasteiger partial charge >= 0.3 is 12.4 Å². The van der Waals surface area contributed by atoms with Crippen molar-refractivity contribution in [2.75, 3.05) is 0 Å². The van der Waals surface area contributed by atoms with Crippen LogP contribution in [0.3, 0.4) is 0 Å². The summed E-state index contributed by atoms with van der Waals surface area (Å²) < 4.78 is 79.1. The normalized spacial score (nSPS) is 13.2. The molecule has 2 aromatic heterocycles. The van der Waals surface area contributed by atoms with Gasteiger partial charge < -0.3 is 4.74 Å². The van der Waals surface area contributed by atoms with Gasteiger partial charge in [0.05, 0.1) is 0 Å². The second-order valence-corrected chi connectivity index (χ2v) is 4.17. The first kappa shape index (κ1) is 14.8. The molecule has 0 amide bonds. The first-order chi connectivity index (χ1) is 9.09. The van der Waals surface area contributed by atoms with Crippen LogP contribution >= 0.6 is 15.9 Å². The SMILES string of the molecule is FC(F)(F)C(Oc1nccn2nc(Br)nc12)C(F)(F)F. The Morgan fingerprint density at radius 3 is 2.30 bits per heavy atom. The molecule has 0 radical (unpaired) electrons. The van der Waals surface area contributed by atoms with Crippen LogP contribution in [0.5, 0.6) is 5.88 Å². The van der Waals surface area contributed by atoms with Gasteiger partial charge in [-0.15, -0.1) is 5.10 Å². The minimum atomic E-state index is -5.63. The molecule has 0 spiro atoms. The van der Waals surface area contributed by atoms with Crippen LogP contribution in [0.25, 0.3) is 5.65 Å². The summed E-state index contributed by atoms with van der Waals surface area (Å²) in [4.78, 5) is 6.90. The molecule has 2 heterocycles. The van der Waals surface area contributed by atoms with E-state index in [4.69, 9.17) is 0 Å². The summed E-state index contributed by atoms with van der Waals surface area (Å²) in [5, 5.41) is 3.65. The predicted octanol–water partition coefficient (Wildman–Crippen LogP) is 2.76. The van der Waals surface area contributed by atoms with Crippen LogP contribution in [0.2, 0.25) is 0 Å². The minimum Gasteiger partial charge on any atom is -0.452 e. The number of rotatable bonds is 2. The summed E-state index contributed by atoms with van der Waals surface area (Å²) in [6.07, 6.45) is -13.1. The Morgan fingerprint density at radius 1 is 1.15 bits per heavy atom. The topological polar surface area (TPSA) is 52.3 Å². The maximum atomic E-state index is 12.4. The van der Waals surface area contributed by atoms with E-state index < -0.39 is 24.3 Å². The van der Waals surface area contributed by atoms with E-state index in [-0.39, 0.29) is 10.4 Å². The van der Waals surface area contributed by atoms with Gasteiger partial charge in [-0.1, -0.05) is 0 Å². The Labute approximate surface area is 114 Å². The molecule has 2 rings (SSSR count). The van der Waals surface area contributed by atoms with Gasteiger partial charge in [0, 0.05) is 12.4 Å². The fourth-order valence-corrected chi connectivity index (χ4v) is 1.62. The second-order valence-electron chi connectivity index (χ2n) is 3.46. The summed E-state index contributed by atoms with van der Waals surface area (Å²) in [6.45, 7) is 0. The van der Waals surface area contributed by atoms with Crippen LogP contribution in [-0.4, -0.2) is 38.0 Å². The van der Waals surface area contributed by atoms with Gasteiger partial charge in [-0.05, 0) is 15.9 Å². The lowest BCUT2D eigenvalue weighted by molar-refractivity contribution is -0.300. The van der Waals surface area contributed by atoms with Crippen molar-refractivity contribution in [1.82, 2.24) is 19.6 Å². The largest absolute Gasteiger partial charge is 0.452 e. The number of aromatic nitrogens is 4. The van der Waals surface area contributed by atoms with Crippen LogP contribution in [0.1, 0.15) is 0 Å². The van der Waals surface area contributed by atoms with Gasteiger partial charge in [-0.25, -0.2) is 9.50 Å². The molecular formula is C8H3BrF6N4O. The molecule has 0 atom stereocenters. The highest BCUT2D eigenvalue weighted by atomic mass is 79.9. The standard InChI is InChI=1S/C8H3BrF6N4O/c9-6-17-3-4(16-1-2-19(3)18-6)20-5(7(10,11)12)8(13,14)15/h1-2,5H. The third kappa shape index (κ3) is 2.94. The summed E-state index contributed by atoms with van der Waals surface area (Å²) in [5.41, 5.74) is -0.377. The van der Waals surface area contributed by atoms with E-state index in [0.29, 0.717) is 0 Å². The van der Waals surface area contributed by atoms with Gasteiger partial charge in [-0.2, -0.15) is 31.3 Å². The monoisotopic (exact) mass is 364 g/mol. The average molecular weight is 365 g/mol. The highest BCUT2D eigenvalue weighted by Crippen LogP contribution is 2.36. The number of hydrogen-bond donors (Lipinski definition) is 0. The van der Waals surface area contributed by atoms with E-state index in [9.17, 15) is 26.3 Å². The summed E-state index contributed by atoms with van der Waals surface area (Å²) >= 11 is 2.83. The van der Waals surface area contributed by atoms with E-state index in [1.807, 2.05) is 0 Å². The van der Waals surface area contributed by atoms with Gasteiger partial charge in [-0.3, -0.25) is 0 Å². The quantitative estimate of drug-likeness (QED) is 0.769. The molecule has 110 valence electrons. The first-order valence-electron chi connectivity index (χ1n) is 4.76. The number of nitrogens with zero attached hydrogens (tertiary/aromatic N) is 4. The van der Waals surface area contributed by atoms with Gasteiger partial charge in [0.1, 0.15) is 0 Å². The number of ether oxygens (including phenoxy) is 1. The molecule has 0 aliphatic carbocycles. The lowest BCUT2D eigenvalue weighted by atomic mass is 10.3. The zero-order valence-electron chi connectivity index (χ0n) is 9.07. The molecule has 2 aromatic rings. The Morgan fingerprint density at radius 2 is 1.75 bits per heavy atom. The van der Waals surface area contributed by atoms with E-state index in [2.05, 4.69) is 35.7 Å². The molecule has 0 saturated carbocycles. The first-order valence-corrected chi connectivity index (χ1v) is 5.55. The molecule has 0 unspecified atom stereocenters. The molecule has 12 heteroatoms. The third-order valence-electron chi connectivity index (χ3n) is 2.02. The number of hydrogen-bond acceptors (Lipinski definition) is 4. The van der Waals surface area contributed by atoms with E-state index in [0.717, 1.165) is 10.7 Å². The van der Waals surface area contributed by atoms with Crippen LogP contribution in [0.15, 0.2) is 17.1 Å². The molecule has 0 bridgehead atoms. The lowest BCUT2D eigenvalue weighted by Gasteiger charge is -2.23. The van der Waals surface area contributed by atoms with Crippen LogP contribution in [0, 0.1) is 0 Å². The van der Waals surface area contributed by atoms with Crippen LogP contribution < -0.4 is 4.74 Å². The highest BCUT2D eigenvalue weighted by molar-refractivity contribution is 9.10. The molecule has 0 fully saturated rings. The molecule has 0 N–H and O–H groups in total. The minimum absolute atomic E-state index is 0.0362. The Hall–Kier alpha value is -1.59. The van der Waals surface area contributed by atoms with Crippen molar-refractivity contribution in [3.8, 4) is 5.88 Å². The van der Waals surface area contributed by atoms with Crippen molar-refractivity contribution >= 4 is 21.6 Å². The van der Waals surface area contributed by atoms with Gasteiger partial charge in [0.2, 0.25) is 10.4 Å². The van der Waals surface area contributed by atoms with E-state index in [1.165, 1.54) is 6.20 Å². The molecule has 5 nitrogen and oxygen atoms in total. The van der Waals surface area contributed by atoms with Gasteiger partial charge in [0.15, 0.2) is 0 Å². The summed E-state index contributed by atoms with van der Waals surface area (Å²) in [6, 6.07) is 0. The van der Waals surface area contributed by atoms with Crippen molar-refractivity contribution in [2.45, 2.75) is 18.5 Å². The summed E-state index contributed by atoms with van der Waals surface area (Å²) in [5.74, 6) is -0.926. The zero-order chi connectivity index (χ0) is 15.1. The zero-order valence-corrected chi connectivity index (χ0v) is 10.7. The predicted molar refractivity (Wildman–Crippen MR) is 55.0 cm³/mol. The Kier molecular flexibility index (Phi) is 3.52. The second kappa shape index (κ2) is 4.75. The number of fused-ring (bicyclic) bond motifs is 1. The van der Waals surface area contributed by atoms with E-state index in [1.54, 1.807) is 0 Å². The molecule has 0 saturated heterocycles. The van der Waals surface area contributed by atoms with Crippen molar-refractivity contribution in [2.24, 2.45) is 0 Å². The summed E-state index contributed by atoms with van der Waals surface area (Å²) in [7, 11) is 0. The Bertz CT molecular complexity index is 609. The maximum Gasteiger partial charge on any atom is 0.434 e. The molecular weight excluding hydrogens is 362 g/mol. The molecule has 0 aliphatic rings. The van der Waals surface area contributed by atoms with Crippen molar-refractivity contribution < 1.29 is 31.1 Å². The Balaban J connectivity index is 2.44. The third-order valence-corrected chi connectivity index (χ3v) is 2.36. The fraction of sp³-hybridized carbons (Fsp3) is 0.375. The van der Waals surface area contributed by atoms with Crippen LogP contribution in [-0.2, 0) is 0 Å². The molecule has 0 aromatic carbocycles. The van der Waals surface area contributed by atoms with E-state index >= 15 is 0 Å². The average Bonchev–Trinajstić information content (AvgIpc) is 2.63. The van der Waals surface area contributed by atoms with Crippen molar-refractivity contribution in [3.63, 3.8) is 0 Å². The van der Waals surface area contributed by atoms with Crippen molar-refractivity contribution in [1.29, 1.82) is 0 Å². The fourth-order valence-electron chi connectivity index (χ4n) is 1.28. The number of halogens is 7. The maximum absolute atomic E-state index is 12.4. The lowest BCUT2D eigenvalue weighted by Crippen LogP contribution is -2.46. The highest BCUT2D eigenvalue weighted by Gasteiger charge is 2.59. The molecule has 20 heavy (non-hydrogen) atoms. The van der Waals surface area contributed by atoms with Crippen LogP contribution in [0.4, 0.5) is 26.3 Å². The van der Waals surface area contributed by atoms with Crippen molar-refractivity contribution in [3.05, 3.63) is 17.1 Å². The molecule has 0 aliphatic heterocycles. The van der Waals surface area contributed by atoms with Gasteiger partial charge in [0.25, 0.3) is 12.0 Å². The number of alkyl halides is 6.